The van der Waals surface area contributed by atoms with E-state index in [9.17, 15) is 0 Å². The first-order valence-corrected chi connectivity index (χ1v) is 3.22. The monoisotopic (exact) mass is 131 g/mol. The van der Waals surface area contributed by atoms with Crippen LogP contribution in [0, 0.1) is 0 Å². The van der Waals surface area contributed by atoms with Crippen LogP contribution in [0.5, 0.6) is 0 Å². The highest BCUT2D eigenvalue weighted by atomic mass is 16.7. The van der Waals surface area contributed by atoms with Crippen molar-refractivity contribution in [2.75, 3.05) is 7.05 Å². The summed E-state index contributed by atoms with van der Waals surface area (Å²) in [5.41, 5.74) is 2.43. The van der Waals surface area contributed by atoms with Crippen LogP contribution in [0.1, 0.15) is 20.3 Å². The van der Waals surface area contributed by atoms with Gasteiger partial charge in [-0.3, -0.25) is 0 Å². The molecule has 0 aliphatic rings. The van der Waals surface area contributed by atoms with Crippen LogP contribution in [0.15, 0.2) is 0 Å². The molecule has 0 aromatic carbocycles. The first-order chi connectivity index (χ1) is 4.22. The standard InChI is InChI=1S/C5H14BNO2/c1-4-5(2)6(8)9-7-3/h5,7-8H,4H2,1-3H3. The second kappa shape index (κ2) is 4.79. The van der Waals surface area contributed by atoms with Gasteiger partial charge in [0.15, 0.2) is 0 Å². The Morgan fingerprint density at radius 3 is 2.67 bits per heavy atom. The quantitative estimate of drug-likeness (QED) is 0.429. The second-order valence-electron chi connectivity index (χ2n) is 2.10. The Balaban J connectivity index is 3.32. The van der Waals surface area contributed by atoms with Crippen molar-refractivity contribution in [3.63, 3.8) is 0 Å². The van der Waals surface area contributed by atoms with E-state index in [0.29, 0.717) is 0 Å². The van der Waals surface area contributed by atoms with Gasteiger partial charge in [-0.1, -0.05) is 20.3 Å². The summed E-state index contributed by atoms with van der Waals surface area (Å²) in [7, 11) is 0.950. The maximum Gasteiger partial charge on any atom is 0.474 e. The summed E-state index contributed by atoms with van der Waals surface area (Å²) in [4.78, 5) is 0. The molecule has 9 heavy (non-hydrogen) atoms. The van der Waals surface area contributed by atoms with Crippen LogP contribution in [-0.2, 0) is 4.76 Å². The zero-order valence-electron chi connectivity index (χ0n) is 6.22. The Morgan fingerprint density at radius 1 is 1.78 bits per heavy atom. The molecule has 4 heteroatoms. The topological polar surface area (TPSA) is 41.5 Å². The third kappa shape index (κ3) is 3.51. The van der Waals surface area contributed by atoms with Crippen LogP contribution < -0.4 is 5.48 Å². The van der Waals surface area contributed by atoms with Crippen LogP contribution in [0.25, 0.3) is 0 Å². The molecule has 0 spiro atoms. The van der Waals surface area contributed by atoms with Gasteiger partial charge in [-0.2, -0.15) is 0 Å². The molecule has 0 rings (SSSR count). The summed E-state index contributed by atoms with van der Waals surface area (Å²) in [6.45, 7) is 3.94. The summed E-state index contributed by atoms with van der Waals surface area (Å²) in [5, 5.41) is 9.03. The molecule has 0 aliphatic carbocycles. The fourth-order valence-electron chi connectivity index (χ4n) is 0.439. The highest BCUT2D eigenvalue weighted by Gasteiger charge is 2.19. The molecule has 0 aromatic rings. The molecule has 0 aliphatic heterocycles. The molecule has 1 atom stereocenters. The van der Waals surface area contributed by atoms with Crippen molar-refractivity contribution in [2.24, 2.45) is 0 Å². The highest BCUT2D eigenvalue weighted by molar-refractivity contribution is 6.44. The maximum atomic E-state index is 9.03. The molecular weight excluding hydrogens is 117 g/mol. The number of rotatable bonds is 4. The van der Waals surface area contributed by atoms with Crippen molar-refractivity contribution < 1.29 is 9.78 Å². The van der Waals surface area contributed by atoms with Crippen molar-refractivity contribution in [1.29, 1.82) is 0 Å². The van der Waals surface area contributed by atoms with Crippen LogP contribution in [0.2, 0.25) is 5.82 Å². The van der Waals surface area contributed by atoms with E-state index in [1.807, 2.05) is 13.8 Å². The van der Waals surface area contributed by atoms with Crippen LogP contribution >= 0.6 is 0 Å². The predicted octanol–water partition coefficient (Wildman–Crippen LogP) is 0.418. The van der Waals surface area contributed by atoms with Crippen molar-refractivity contribution >= 4 is 7.12 Å². The van der Waals surface area contributed by atoms with Crippen LogP contribution in [-0.4, -0.2) is 19.2 Å². The fourth-order valence-corrected chi connectivity index (χ4v) is 0.439. The lowest BCUT2D eigenvalue weighted by Gasteiger charge is -2.10. The third-order valence-electron chi connectivity index (χ3n) is 1.37. The minimum absolute atomic E-state index is 0.192. The van der Waals surface area contributed by atoms with Gasteiger partial charge in [0, 0.05) is 7.05 Å². The van der Waals surface area contributed by atoms with E-state index in [4.69, 9.17) is 9.78 Å². The number of hydroxylamine groups is 1. The van der Waals surface area contributed by atoms with E-state index >= 15 is 0 Å². The minimum Gasteiger partial charge on any atom is -0.426 e. The van der Waals surface area contributed by atoms with Gasteiger partial charge in [0.2, 0.25) is 0 Å². The van der Waals surface area contributed by atoms with Gasteiger partial charge >= 0.3 is 7.12 Å². The van der Waals surface area contributed by atoms with E-state index in [1.54, 1.807) is 7.05 Å². The van der Waals surface area contributed by atoms with Gasteiger partial charge in [0.25, 0.3) is 0 Å². The molecule has 2 N–H and O–H groups in total. The zero-order chi connectivity index (χ0) is 7.28. The summed E-state index contributed by atoms with van der Waals surface area (Å²) in [6.07, 6.45) is 0.919. The summed E-state index contributed by atoms with van der Waals surface area (Å²) in [5.74, 6) is 0.192. The van der Waals surface area contributed by atoms with E-state index < -0.39 is 7.12 Å². The molecule has 0 aromatic heterocycles. The Morgan fingerprint density at radius 2 is 2.33 bits per heavy atom. The van der Waals surface area contributed by atoms with Gasteiger partial charge in [0.1, 0.15) is 0 Å². The fraction of sp³-hybridized carbons (Fsp3) is 1.00. The van der Waals surface area contributed by atoms with Crippen molar-refractivity contribution in [2.45, 2.75) is 26.1 Å². The normalized spacial score (nSPS) is 13.3. The summed E-state index contributed by atoms with van der Waals surface area (Å²) >= 11 is 0. The molecule has 0 fully saturated rings. The van der Waals surface area contributed by atoms with Crippen LogP contribution in [0.4, 0.5) is 0 Å². The van der Waals surface area contributed by atoms with E-state index in [0.717, 1.165) is 6.42 Å². The third-order valence-corrected chi connectivity index (χ3v) is 1.37. The summed E-state index contributed by atoms with van der Waals surface area (Å²) in [6, 6.07) is 0. The van der Waals surface area contributed by atoms with E-state index in [1.165, 1.54) is 0 Å². The first kappa shape index (κ1) is 8.94. The molecular formula is C5H14BNO2. The molecule has 3 nitrogen and oxygen atoms in total. The number of hydrogen-bond acceptors (Lipinski definition) is 3. The molecule has 0 bridgehead atoms. The number of hydrogen-bond donors (Lipinski definition) is 2. The largest absolute Gasteiger partial charge is 0.474 e. The van der Waals surface area contributed by atoms with Gasteiger partial charge in [-0.15, -0.1) is 0 Å². The Hall–Kier alpha value is -0.0551. The van der Waals surface area contributed by atoms with Crippen molar-refractivity contribution in [3.05, 3.63) is 0 Å². The van der Waals surface area contributed by atoms with Gasteiger partial charge in [-0.25, -0.2) is 5.48 Å². The smallest absolute Gasteiger partial charge is 0.426 e. The van der Waals surface area contributed by atoms with Crippen molar-refractivity contribution in [1.82, 2.24) is 5.48 Å². The molecule has 1 unspecified atom stereocenters. The first-order valence-electron chi connectivity index (χ1n) is 3.22. The van der Waals surface area contributed by atoms with Crippen LogP contribution in [0.3, 0.4) is 0 Å². The predicted molar refractivity (Wildman–Crippen MR) is 37.8 cm³/mol. The van der Waals surface area contributed by atoms with Gasteiger partial charge in [0.05, 0.1) is 0 Å². The Kier molecular flexibility index (Phi) is 4.76. The molecule has 0 radical (unpaired) electrons. The maximum absolute atomic E-state index is 9.03. The summed E-state index contributed by atoms with van der Waals surface area (Å²) < 4.78 is 4.70. The van der Waals surface area contributed by atoms with E-state index in [2.05, 4.69) is 5.48 Å². The van der Waals surface area contributed by atoms with Gasteiger partial charge < -0.3 is 9.78 Å². The molecule has 0 heterocycles. The van der Waals surface area contributed by atoms with Crippen molar-refractivity contribution in [3.8, 4) is 0 Å². The van der Waals surface area contributed by atoms with Gasteiger partial charge in [-0.05, 0) is 5.82 Å². The Labute approximate surface area is 56.5 Å². The average Bonchev–Trinajstić information content (AvgIpc) is 1.87. The molecule has 0 saturated heterocycles. The SMILES string of the molecule is CCC(C)B(O)ONC. The molecule has 54 valence electrons. The lowest BCUT2D eigenvalue weighted by atomic mass is 9.72. The average molecular weight is 131 g/mol. The minimum atomic E-state index is -0.681. The lowest BCUT2D eigenvalue weighted by molar-refractivity contribution is 0.173. The lowest BCUT2D eigenvalue weighted by Crippen LogP contribution is -2.28. The second-order valence-corrected chi connectivity index (χ2v) is 2.10. The van der Waals surface area contributed by atoms with E-state index in [-0.39, 0.29) is 5.82 Å². The molecule has 0 amide bonds. The zero-order valence-corrected chi connectivity index (χ0v) is 6.22. The number of nitrogens with one attached hydrogen (secondary N) is 1. The Bertz CT molecular complexity index is 72.0. The molecule has 0 saturated carbocycles. The highest BCUT2D eigenvalue weighted by Crippen LogP contribution is 2.10.